The molecule has 0 aliphatic heterocycles. The Kier molecular flexibility index (Phi) is 7.31. The maximum atomic E-state index is 11.4. The van der Waals surface area contributed by atoms with Crippen molar-refractivity contribution in [2.45, 2.75) is 19.6 Å². The van der Waals surface area contributed by atoms with E-state index in [1.807, 2.05) is 30.3 Å². The summed E-state index contributed by atoms with van der Waals surface area (Å²) in [7, 11) is 0.251. The van der Waals surface area contributed by atoms with Crippen molar-refractivity contribution < 1.29 is 22.8 Å². The van der Waals surface area contributed by atoms with E-state index in [-0.39, 0.29) is 6.61 Å². The fourth-order valence-corrected chi connectivity index (χ4v) is 3.33. The molecule has 0 saturated carbocycles. The molecule has 0 aliphatic carbocycles. The smallest absolute Gasteiger partial charge is 0.462 e. The van der Waals surface area contributed by atoms with Gasteiger partial charge in [-0.15, -0.1) is 0 Å². The van der Waals surface area contributed by atoms with Gasteiger partial charge in [0.15, 0.2) is 0 Å². The van der Waals surface area contributed by atoms with Gasteiger partial charge in [0.1, 0.15) is 0 Å². The van der Waals surface area contributed by atoms with Crippen LogP contribution in [0.4, 0.5) is 0 Å². The number of ether oxygens (including phenoxy) is 1. The Morgan fingerprint density at radius 3 is 2.33 bits per heavy atom. The molecule has 0 spiro atoms. The van der Waals surface area contributed by atoms with Crippen molar-refractivity contribution in [3.63, 3.8) is 0 Å². The van der Waals surface area contributed by atoms with Gasteiger partial charge >= 0.3 is 14.8 Å². The third-order valence-corrected chi connectivity index (χ3v) is 5.56. The second-order valence-electron chi connectivity index (χ2n) is 4.53. The number of benzene rings is 1. The van der Waals surface area contributed by atoms with Crippen LogP contribution in [0.3, 0.4) is 0 Å². The minimum atomic E-state index is -2.83. The van der Waals surface area contributed by atoms with Crippen molar-refractivity contribution in [2.24, 2.45) is 0 Å². The van der Waals surface area contributed by atoms with E-state index >= 15 is 0 Å². The summed E-state index contributed by atoms with van der Waals surface area (Å²) in [6.45, 7) is 5.70. The van der Waals surface area contributed by atoms with Crippen LogP contribution in [0.25, 0.3) is 0 Å². The minimum absolute atomic E-state index is 0.175. The zero-order chi connectivity index (χ0) is 15.7. The summed E-state index contributed by atoms with van der Waals surface area (Å²) < 4.78 is 21.8. The second kappa shape index (κ2) is 8.73. The highest BCUT2D eigenvalue weighted by Crippen LogP contribution is 2.17. The predicted octanol–water partition coefficient (Wildman–Crippen LogP) is 2.55. The summed E-state index contributed by atoms with van der Waals surface area (Å²) in [6, 6.07) is 10.1. The molecule has 0 N–H and O–H groups in total. The largest absolute Gasteiger partial charge is 0.504 e. The van der Waals surface area contributed by atoms with Crippen LogP contribution >= 0.6 is 0 Å². The van der Waals surface area contributed by atoms with E-state index < -0.39 is 14.8 Å². The number of hydrogen-bond donors (Lipinski definition) is 0. The number of esters is 1. The Morgan fingerprint density at radius 2 is 1.81 bits per heavy atom. The molecule has 0 saturated heterocycles. The fourth-order valence-electron chi connectivity index (χ4n) is 1.64. The lowest BCUT2D eigenvalue weighted by molar-refractivity contribution is -0.138. The summed E-state index contributed by atoms with van der Waals surface area (Å²) in [6.07, 6.45) is 0. The molecule has 21 heavy (non-hydrogen) atoms. The van der Waals surface area contributed by atoms with Gasteiger partial charge in [0.25, 0.3) is 0 Å². The monoisotopic (exact) mass is 310 g/mol. The van der Waals surface area contributed by atoms with Crippen molar-refractivity contribution in [3.8, 4) is 0 Å². The van der Waals surface area contributed by atoms with Crippen LogP contribution in [0.5, 0.6) is 0 Å². The number of carbonyl (C=O) groups excluding carboxylic acids is 1. The summed E-state index contributed by atoms with van der Waals surface area (Å²) >= 11 is 0. The van der Waals surface area contributed by atoms with Crippen LogP contribution < -0.4 is 0 Å². The summed E-state index contributed by atoms with van der Waals surface area (Å²) in [5.74, 6) is -0.423. The first-order valence-electron chi connectivity index (χ1n) is 6.64. The van der Waals surface area contributed by atoms with Crippen LogP contribution in [0.2, 0.25) is 6.04 Å². The maximum absolute atomic E-state index is 11.4. The molecule has 1 aromatic carbocycles. The molecule has 5 nitrogen and oxygen atoms in total. The highest BCUT2D eigenvalue weighted by Gasteiger charge is 2.39. The first-order valence-corrected chi connectivity index (χ1v) is 8.57. The molecular weight excluding hydrogens is 288 g/mol. The Morgan fingerprint density at radius 1 is 1.19 bits per heavy atom. The van der Waals surface area contributed by atoms with E-state index in [2.05, 4.69) is 6.58 Å². The Labute approximate surface area is 126 Å². The lowest BCUT2D eigenvalue weighted by Crippen LogP contribution is -2.44. The maximum Gasteiger partial charge on any atom is 0.504 e. The van der Waals surface area contributed by atoms with E-state index in [0.29, 0.717) is 18.2 Å². The normalized spacial score (nSPS) is 11.2. The molecule has 1 aromatic rings. The average molecular weight is 310 g/mol. The van der Waals surface area contributed by atoms with Gasteiger partial charge in [-0.05, 0) is 12.5 Å². The Bertz CT molecular complexity index is 456. The molecule has 0 aliphatic rings. The minimum Gasteiger partial charge on any atom is -0.462 e. The zero-order valence-electron chi connectivity index (χ0n) is 12.8. The molecule has 0 radical (unpaired) electrons. The van der Waals surface area contributed by atoms with E-state index in [0.717, 1.165) is 5.56 Å². The Hall–Kier alpha value is -1.47. The number of carbonyl (C=O) groups is 1. The van der Waals surface area contributed by atoms with Crippen molar-refractivity contribution in [3.05, 3.63) is 48.0 Å². The molecule has 0 amide bonds. The predicted molar refractivity (Wildman–Crippen MR) is 81.6 cm³/mol. The van der Waals surface area contributed by atoms with Crippen molar-refractivity contribution in [1.82, 2.24) is 0 Å². The fraction of sp³-hybridized carbons (Fsp3) is 0.400. The highest BCUT2D eigenvalue weighted by atomic mass is 28.4. The quantitative estimate of drug-likeness (QED) is 0.398. The van der Waals surface area contributed by atoms with Gasteiger partial charge in [-0.1, -0.05) is 36.9 Å². The zero-order valence-corrected chi connectivity index (χ0v) is 13.8. The van der Waals surface area contributed by atoms with Gasteiger partial charge < -0.3 is 18.0 Å². The number of hydrogen-bond acceptors (Lipinski definition) is 5. The molecule has 0 aromatic heterocycles. The van der Waals surface area contributed by atoms with E-state index in [4.69, 9.17) is 18.0 Å². The van der Waals surface area contributed by atoms with E-state index in [1.54, 1.807) is 21.1 Å². The molecule has 0 atom stereocenters. The lowest BCUT2D eigenvalue weighted by Gasteiger charge is -2.26. The first-order chi connectivity index (χ1) is 10.0. The van der Waals surface area contributed by atoms with E-state index in [1.165, 1.54) is 0 Å². The average Bonchev–Trinajstić information content (AvgIpc) is 2.51. The van der Waals surface area contributed by atoms with Crippen molar-refractivity contribution in [2.75, 3.05) is 20.8 Å². The molecule has 0 bridgehead atoms. The number of rotatable bonds is 9. The standard InChI is InChI=1S/C15H22O5Si/c1-13(2)15(16)19-10-11-21(17-3,18-4)20-12-14-8-6-5-7-9-14/h5-9H,1,10-12H2,2-4H3. The lowest BCUT2D eigenvalue weighted by atomic mass is 10.2. The van der Waals surface area contributed by atoms with Gasteiger partial charge in [-0.2, -0.15) is 0 Å². The summed E-state index contributed by atoms with van der Waals surface area (Å²) in [5, 5.41) is 0. The third-order valence-electron chi connectivity index (χ3n) is 2.91. The van der Waals surface area contributed by atoms with E-state index in [9.17, 15) is 4.79 Å². The molecule has 0 heterocycles. The SMILES string of the molecule is C=C(C)C(=O)OCC[Si](OC)(OC)OCc1ccccc1. The van der Waals surface area contributed by atoms with Crippen LogP contribution in [0.1, 0.15) is 12.5 Å². The third kappa shape index (κ3) is 5.80. The van der Waals surface area contributed by atoms with Crippen molar-refractivity contribution in [1.29, 1.82) is 0 Å². The van der Waals surface area contributed by atoms with Crippen LogP contribution in [0, 0.1) is 0 Å². The highest BCUT2D eigenvalue weighted by molar-refractivity contribution is 6.60. The topological polar surface area (TPSA) is 54.0 Å². The van der Waals surface area contributed by atoms with Crippen LogP contribution in [0.15, 0.2) is 42.5 Å². The van der Waals surface area contributed by atoms with Gasteiger partial charge in [0.05, 0.1) is 19.3 Å². The van der Waals surface area contributed by atoms with Gasteiger partial charge in [-0.25, -0.2) is 4.79 Å². The first kappa shape index (κ1) is 17.6. The Balaban J connectivity index is 2.53. The molecular formula is C15H22O5Si. The summed E-state index contributed by atoms with van der Waals surface area (Å²) in [4.78, 5) is 11.4. The molecule has 0 unspecified atom stereocenters. The van der Waals surface area contributed by atoms with Crippen molar-refractivity contribution >= 4 is 14.8 Å². The van der Waals surface area contributed by atoms with Gasteiger partial charge in [-0.3, -0.25) is 0 Å². The van der Waals surface area contributed by atoms with Gasteiger partial charge in [0.2, 0.25) is 0 Å². The van der Waals surface area contributed by atoms with Crippen LogP contribution in [-0.4, -0.2) is 35.6 Å². The summed E-state index contributed by atoms with van der Waals surface area (Å²) in [5.41, 5.74) is 1.39. The molecule has 116 valence electrons. The van der Waals surface area contributed by atoms with Gasteiger partial charge in [0, 0.05) is 19.8 Å². The molecule has 1 rings (SSSR count). The van der Waals surface area contributed by atoms with Crippen LogP contribution in [-0.2, 0) is 29.4 Å². The molecule has 0 fully saturated rings. The molecule has 6 heteroatoms. The second-order valence-corrected chi connectivity index (χ2v) is 7.50.